The molecule has 140 valence electrons. The standard InChI is InChI=1S/C20H17N5O3/c1-27-17-8-3-2-7-15(17)18-12-16(24-28-18)20(26)22-13-14-6-4-9-21-19(14)25-11-5-10-23-25/h2-12H,13H2,1H3,(H,22,26). The molecular weight excluding hydrogens is 358 g/mol. The first-order chi connectivity index (χ1) is 13.8. The Kier molecular flexibility index (Phi) is 4.83. The largest absolute Gasteiger partial charge is 0.496 e. The molecule has 0 saturated carbocycles. The maximum Gasteiger partial charge on any atom is 0.273 e. The normalized spacial score (nSPS) is 10.6. The van der Waals surface area contributed by atoms with E-state index in [1.165, 1.54) is 0 Å². The number of amides is 1. The van der Waals surface area contributed by atoms with Crippen LogP contribution in [0.3, 0.4) is 0 Å². The van der Waals surface area contributed by atoms with Gasteiger partial charge in [0.25, 0.3) is 5.91 Å². The van der Waals surface area contributed by atoms with Crippen LogP contribution in [-0.2, 0) is 6.54 Å². The Morgan fingerprint density at radius 2 is 2.07 bits per heavy atom. The molecule has 4 rings (SSSR count). The summed E-state index contributed by atoms with van der Waals surface area (Å²) < 4.78 is 12.3. The lowest BCUT2D eigenvalue weighted by Gasteiger charge is -2.08. The molecule has 8 heteroatoms. The maximum atomic E-state index is 12.5. The van der Waals surface area contributed by atoms with E-state index in [2.05, 4.69) is 20.6 Å². The van der Waals surface area contributed by atoms with E-state index in [4.69, 9.17) is 9.26 Å². The molecule has 0 bridgehead atoms. The lowest BCUT2D eigenvalue weighted by molar-refractivity contribution is 0.0942. The number of rotatable bonds is 6. The summed E-state index contributed by atoms with van der Waals surface area (Å²) in [6, 6.07) is 14.5. The van der Waals surface area contributed by atoms with Crippen molar-refractivity contribution in [3.05, 3.63) is 78.4 Å². The fraction of sp³-hybridized carbons (Fsp3) is 0.100. The minimum absolute atomic E-state index is 0.186. The molecule has 4 aromatic rings. The molecule has 8 nitrogen and oxygen atoms in total. The van der Waals surface area contributed by atoms with Gasteiger partial charge in [-0.25, -0.2) is 9.67 Å². The van der Waals surface area contributed by atoms with E-state index in [0.717, 1.165) is 11.1 Å². The average molecular weight is 375 g/mol. The highest BCUT2D eigenvalue weighted by molar-refractivity contribution is 5.93. The van der Waals surface area contributed by atoms with Gasteiger partial charge in [0.05, 0.1) is 12.7 Å². The number of ether oxygens (including phenoxy) is 1. The fourth-order valence-electron chi connectivity index (χ4n) is 2.79. The third-order valence-electron chi connectivity index (χ3n) is 4.14. The van der Waals surface area contributed by atoms with Gasteiger partial charge >= 0.3 is 0 Å². The molecule has 1 N–H and O–H groups in total. The number of benzene rings is 1. The minimum atomic E-state index is -0.347. The Bertz CT molecular complexity index is 1090. The first-order valence-corrected chi connectivity index (χ1v) is 8.58. The van der Waals surface area contributed by atoms with Crippen LogP contribution in [0, 0.1) is 0 Å². The Morgan fingerprint density at radius 3 is 2.89 bits per heavy atom. The highest BCUT2D eigenvalue weighted by atomic mass is 16.5. The Labute approximate surface area is 160 Å². The lowest BCUT2D eigenvalue weighted by Crippen LogP contribution is -2.24. The number of carbonyl (C=O) groups is 1. The fourth-order valence-corrected chi connectivity index (χ4v) is 2.79. The van der Waals surface area contributed by atoms with E-state index in [1.54, 1.807) is 36.4 Å². The molecule has 0 atom stereocenters. The van der Waals surface area contributed by atoms with Crippen molar-refractivity contribution in [3.63, 3.8) is 0 Å². The van der Waals surface area contributed by atoms with Crippen LogP contribution < -0.4 is 10.1 Å². The summed E-state index contributed by atoms with van der Waals surface area (Å²) in [4.78, 5) is 16.8. The molecule has 0 aliphatic heterocycles. The minimum Gasteiger partial charge on any atom is -0.496 e. The van der Waals surface area contributed by atoms with Gasteiger partial charge in [0, 0.05) is 36.8 Å². The van der Waals surface area contributed by atoms with E-state index in [1.807, 2.05) is 42.5 Å². The molecule has 1 aromatic carbocycles. The number of nitrogens with one attached hydrogen (secondary N) is 1. The summed E-state index contributed by atoms with van der Waals surface area (Å²) in [6.45, 7) is 0.277. The van der Waals surface area contributed by atoms with Gasteiger partial charge in [0.2, 0.25) is 0 Å². The van der Waals surface area contributed by atoms with Crippen molar-refractivity contribution in [2.75, 3.05) is 7.11 Å². The van der Waals surface area contributed by atoms with Crippen LogP contribution in [0.2, 0.25) is 0 Å². The molecule has 0 radical (unpaired) electrons. The average Bonchev–Trinajstić information content (AvgIpc) is 3.44. The zero-order valence-electron chi connectivity index (χ0n) is 15.1. The number of methoxy groups -OCH3 is 1. The zero-order chi connectivity index (χ0) is 19.3. The second kappa shape index (κ2) is 7.75. The molecule has 3 aromatic heterocycles. The molecule has 0 aliphatic carbocycles. The van der Waals surface area contributed by atoms with Crippen LogP contribution in [0.15, 0.2) is 71.6 Å². The van der Waals surface area contributed by atoms with Crippen LogP contribution in [0.4, 0.5) is 0 Å². The van der Waals surface area contributed by atoms with E-state index in [-0.39, 0.29) is 18.1 Å². The van der Waals surface area contributed by atoms with Gasteiger partial charge in [-0.1, -0.05) is 23.4 Å². The lowest BCUT2D eigenvalue weighted by atomic mass is 10.1. The third-order valence-corrected chi connectivity index (χ3v) is 4.14. The Morgan fingerprint density at radius 1 is 1.18 bits per heavy atom. The molecular formula is C20H17N5O3. The van der Waals surface area contributed by atoms with Gasteiger partial charge in [-0.05, 0) is 24.3 Å². The van der Waals surface area contributed by atoms with E-state index in [0.29, 0.717) is 17.3 Å². The summed E-state index contributed by atoms with van der Waals surface area (Å²) in [5.74, 6) is 1.41. The summed E-state index contributed by atoms with van der Waals surface area (Å²) in [5.41, 5.74) is 1.74. The number of hydrogen-bond donors (Lipinski definition) is 1. The monoisotopic (exact) mass is 375 g/mol. The van der Waals surface area contributed by atoms with Crippen molar-refractivity contribution in [1.29, 1.82) is 0 Å². The maximum absolute atomic E-state index is 12.5. The molecule has 0 unspecified atom stereocenters. The van der Waals surface area contributed by atoms with E-state index >= 15 is 0 Å². The van der Waals surface area contributed by atoms with E-state index < -0.39 is 0 Å². The number of carbonyl (C=O) groups excluding carboxylic acids is 1. The molecule has 3 heterocycles. The molecule has 0 saturated heterocycles. The number of aromatic nitrogens is 4. The second-order valence-corrected chi connectivity index (χ2v) is 5.90. The highest BCUT2D eigenvalue weighted by Gasteiger charge is 2.16. The van der Waals surface area contributed by atoms with Gasteiger partial charge in [-0.3, -0.25) is 4.79 Å². The van der Waals surface area contributed by atoms with Crippen LogP contribution in [0.5, 0.6) is 5.75 Å². The Balaban J connectivity index is 1.50. The smallest absolute Gasteiger partial charge is 0.273 e. The predicted octanol–water partition coefficient (Wildman–Crippen LogP) is 2.86. The van der Waals surface area contributed by atoms with Gasteiger partial charge in [0.15, 0.2) is 17.3 Å². The quantitative estimate of drug-likeness (QED) is 0.557. The van der Waals surface area contributed by atoms with Crippen LogP contribution in [-0.4, -0.2) is 32.9 Å². The number of pyridine rings is 1. The van der Waals surface area contributed by atoms with Crippen molar-refractivity contribution in [2.45, 2.75) is 6.54 Å². The van der Waals surface area contributed by atoms with Gasteiger partial charge in [-0.2, -0.15) is 5.10 Å². The van der Waals surface area contributed by atoms with Gasteiger partial charge in [0.1, 0.15) is 5.75 Å². The van der Waals surface area contributed by atoms with Crippen molar-refractivity contribution in [3.8, 4) is 22.9 Å². The topological polar surface area (TPSA) is 95.1 Å². The number of para-hydroxylation sites is 1. The molecule has 0 spiro atoms. The summed E-state index contributed by atoms with van der Waals surface area (Å²) >= 11 is 0. The first-order valence-electron chi connectivity index (χ1n) is 8.58. The molecule has 0 aliphatic rings. The van der Waals surface area contributed by atoms with Gasteiger partial charge in [-0.15, -0.1) is 0 Å². The van der Waals surface area contributed by atoms with Crippen molar-refractivity contribution >= 4 is 5.91 Å². The summed E-state index contributed by atoms with van der Waals surface area (Å²) in [5, 5.41) is 10.9. The van der Waals surface area contributed by atoms with E-state index in [9.17, 15) is 4.79 Å². The highest BCUT2D eigenvalue weighted by Crippen LogP contribution is 2.29. The third kappa shape index (κ3) is 3.48. The Hall–Kier alpha value is -3.94. The van der Waals surface area contributed by atoms with Gasteiger partial charge < -0.3 is 14.6 Å². The summed E-state index contributed by atoms with van der Waals surface area (Å²) in [7, 11) is 1.58. The molecule has 28 heavy (non-hydrogen) atoms. The number of nitrogens with zero attached hydrogens (tertiary/aromatic N) is 4. The second-order valence-electron chi connectivity index (χ2n) is 5.90. The zero-order valence-corrected chi connectivity index (χ0v) is 15.1. The van der Waals surface area contributed by atoms with Crippen molar-refractivity contribution in [2.24, 2.45) is 0 Å². The number of hydrogen-bond acceptors (Lipinski definition) is 6. The van der Waals surface area contributed by atoms with Crippen LogP contribution in [0.1, 0.15) is 16.1 Å². The molecule has 0 fully saturated rings. The van der Waals surface area contributed by atoms with Crippen LogP contribution in [0.25, 0.3) is 17.1 Å². The first kappa shape index (κ1) is 17.5. The SMILES string of the molecule is COc1ccccc1-c1cc(C(=O)NCc2cccnc2-n2cccn2)no1. The van der Waals surface area contributed by atoms with Crippen molar-refractivity contribution in [1.82, 2.24) is 25.2 Å². The van der Waals surface area contributed by atoms with Crippen LogP contribution >= 0.6 is 0 Å². The van der Waals surface area contributed by atoms with Crippen molar-refractivity contribution < 1.29 is 14.1 Å². The summed E-state index contributed by atoms with van der Waals surface area (Å²) in [6.07, 6.45) is 5.15. The predicted molar refractivity (Wildman–Crippen MR) is 101 cm³/mol. The molecule has 1 amide bonds.